The third kappa shape index (κ3) is 2.97. The van der Waals surface area contributed by atoms with E-state index in [1.165, 1.54) is 0 Å². The van der Waals surface area contributed by atoms with Crippen LogP contribution in [0, 0.1) is 13.8 Å². The van der Waals surface area contributed by atoms with Crippen molar-refractivity contribution in [3.63, 3.8) is 0 Å². The summed E-state index contributed by atoms with van der Waals surface area (Å²) in [6.07, 6.45) is 1.79. The zero-order valence-corrected chi connectivity index (χ0v) is 13.2. The van der Waals surface area contributed by atoms with Crippen molar-refractivity contribution in [2.75, 3.05) is 5.32 Å². The van der Waals surface area contributed by atoms with Gasteiger partial charge in [-0.3, -0.25) is 9.20 Å². The summed E-state index contributed by atoms with van der Waals surface area (Å²) in [5.74, 6) is 0. The largest absolute Gasteiger partial charge is 0.379 e. The van der Waals surface area contributed by atoms with Crippen LogP contribution in [-0.4, -0.2) is 9.38 Å². The molecule has 0 aliphatic rings. The third-order valence-corrected chi connectivity index (χ3v) is 3.76. The second-order valence-corrected chi connectivity index (χ2v) is 5.77. The first-order chi connectivity index (χ1) is 10.5. The predicted molar refractivity (Wildman–Crippen MR) is 89.7 cm³/mol. The summed E-state index contributed by atoms with van der Waals surface area (Å²) >= 11 is 6.01. The fraction of sp³-hybridized carbons (Fsp3) is 0.176. The molecule has 2 heterocycles. The van der Waals surface area contributed by atoms with Crippen molar-refractivity contribution >= 4 is 22.9 Å². The zero-order valence-electron chi connectivity index (χ0n) is 12.4. The van der Waals surface area contributed by atoms with Crippen LogP contribution >= 0.6 is 11.6 Å². The Kier molecular flexibility index (Phi) is 3.86. The monoisotopic (exact) mass is 313 g/mol. The quantitative estimate of drug-likeness (QED) is 0.804. The number of halogens is 1. The standard InChI is InChI=1S/C17H16ClN3O/c1-11-3-6-16-20-14(8-17(22)21(16)10-11)9-19-15-7-13(18)5-4-12(15)2/h3-8,10,19H,9H2,1-2H3. The molecule has 0 saturated heterocycles. The lowest BCUT2D eigenvalue weighted by Crippen LogP contribution is -2.17. The maximum absolute atomic E-state index is 12.2. The van der Waals surface area contributed by atoms with Gasteiger partial charge >= 0.3 is 0 Å². The Balaban J connectivity index is 1.90. The summed E-state index contributed by atoms with van der Waals surface area (Å²) < 4.78 is 1.56. The van der Waals surface area contributed by atoms with E-state index in [1.807, 2.05) is 44.2 Å². The van der Waals surface area contributed by atoms with Crippen molar-refractivity contribution < 1.29 is 0 Å². The second-order valence-electron chi connectivity index (χ2n) is 5.33. The molecule has 1 aromatic carbocycles. The highest BCUT2D eigenvalue weighted by molar-refractivity contribution is 6.30. The van der Waals surface area contributed by atoms with Gasteiger partial charge in [0.2, 0.25) is 0 Å². The van der Waals surface area contributed by atoms with E-state index in [9.17, 15) is 4.79 Å². The molecule has 0 unspecified atom stereocenters. The molecule has 1 N–H and O–H groups in total. The lowest BCUT2D eigenvalue weighted by atomic mass is 10.2. The fourth-order valence-electron chi connectivity index (χ4n) is 2.32. The lowest BCUT2D eigenvalue weighted by molar-refractivity contribution is 0.964. The third-order valence-electron chi connectivity index (χ3n) is 3.52. The number of pyridine rings is 1. The Labute approximate surface area is 133 Å². The number of hydrogen-bond donors (Lipinski definition) is 1. The topological polar surface area (TPSA) is 46.4 Å². The molecule has 0 radical (unpaired) electrons. The molecule has 3 aromatic rings. The van der Waals surface area contributed by atoms with E-state index in [0.29, 0.717) is 22.9 Å². The summed E-state index contributed by atoms with van der Waals surface area (Å²) in [5.41, 5.74) is 4.34. The van der Waals surface area contributed by atoms with E-state index in [2.05, 4.69) is 10.3 Å². The molecule has 0 spiro atoms. The Hall–Kier alpha value is -2.33. The molecule has 0 aliphatic heterocycles. The zero-order chi connectivity index (χ0) is 15.7. The van der Waals surface area contributed by atoms with Gasteiger partial charge in [-0.1, -0.05) is 23.7 Å². The van der Waals surface area contributed by atoms with Gasteiger partial charge in [-0.05, 0) is 43.2 Å². The van der Waals surface area contributed by atoms with Crippen LogP contribution < -0.4 is 10.9 Å². The van der Waals surface area contributed by atoms with Crippen LogP contribution in [0.3, 0.4) is 0 Å². The molecular weight excluding hydrogens is 298 g/mol. The number of aromatic nitrogens is 2. The van der Waals surface area contributed by atoms with Gasteiger partial charge in [0.05, 0.1) is 12.2 Å². The molecule has 5 heteroatoms. The van der Waals surface area contributed by atoms with E-state index in [0.717, 1.165) is 16.8 Å². The van der Waals surface area contributed by atoms with E-state index >= 15 is 0 Å². The number of aryl methyl sites for hydroxylation is 2. The van der Waals surface area contributed by atoms with Crippen LogP contribution in [0.25, 0.3) is 5.65 Å². The highest BCUT2D eigenvalue weighted by Gasteiger charge is 2.04. The minimum absolute atomic E-state index is 0.0756. The van der Waals surface area contributed by atoms with E-state index in [4.69, 9.17) is 11.6 Å². The van der Waals surface area contributed by atoms with Gasteiger partial charge in [-0.2, -0.15) is 0 Å². The van der Waals surface area contributed by atoms with Gasteiger partial charge in [0.25, 0.3) is 5.56 Å². The number of nitrogens with one attached hydrogen (secondary N) is 1. The molecule has 0 fully saturated rings. The van der Waals surface area contributed by atoms with Crippen LogP contribution in [-0.2, 0) is 6.54 Å². The Morgan fingerprint density at radius 3 is 2.82 bits per heavy atom. The lowest BCUT2D eigenvalue weighted by Gasteiger charge is -2.10. The summed E-state index contributed by atoms with van der Waals surface area (Å²) in [6.45, 7) is 4.42. The summed E-state index contributed by atoms with van der Waals surface area (Å²) in [6, 6.07) is 11.0. The van der Waals surface area contributed by atoms with Gasteiger partial charge < -0.3 is 5.32 Å². The average molecular weight is 314 g/mol. The van der Waals surface area contributed by atoms with E-state index < -0.39 is 0 Å². The number of benzene rings is 1. The number of nitrogens with zero attached hydrogens (tertiary/aromatic N) is 2. The minimum Gasteiger partial charge on any atom is -0.379 e. The number of fused-ring (bicyclic) bond motifs is 1. The fourth-order valence-corrected chi connectivity index (χ4v) is 2.49. The molecule has 0 atom stereocenters. The molecule has 0 bridgehead atoms. The smallest absolute Gasteiger partial charge is 0.258 e. The first-order valence-corrected chi connectivity index (χ1v) is 7.40. The van der Waals surface area contributed by atoms with Gasteiger partial charge in [-0.25, -0.2) is 4.98 Å². The van der Waals surface area contributed by atoms with Gasteiger partial charge in [0.15, 0.2) is 0 Å². The molecule has 0 aliphatic carbocycles. The maximum atomic E-state index is 12.2. The van der Waals surface area contributed by atoms with Crippen molar-refractivity contribution in [2.45, 2.75) is 20.4 Å². The van der Waals surface area contributed by atoms with Gasteiger partial charge in [0, 0.05) is 23.0 Å². The molecule has 3 rings (SSSR count). The highest BCUT2D eigenvalue weighted by Crippen LogP contribution is 2.20. The van der Waals surface area contributed by atoms with Crippen molar-refractivity contribution in [3.05, 3.63) is 74.8 Å². The number of anilines is 1. The predicted octanol–water partition coefficient (Wildman–Crippen LogP) is 3.58. The van der Waals surface area contributed by atoms with Crippen LogP contribution in [0.15, 0.2) is 47.4 Å². The minimum atomic E-state index is -0.0756. The van der Waals surface area contributed by atoms with Crippen LogP contribution in [0.4, 0.5) is 5.69 Å². The molecular formula is C17H16ClN3O. The first kappa shape index (κ1) is 14.6. The summed E-state index contributed by atoms with van der Waals surface area (Å²) in [5, 5.41) is 3.95. The van der Waals surface area contributed by atoms with Crippen molar-refractivity contribution in [3.8, 4) is 0 Å². The molecule has 4 nitrogen and oxygen atoms in total. The molecule has 0 saturated carbocycles. The highest BCUT2D eigenvalue weighted by atomic mass is 35.5. The normalized spacial score (nSPS) is 10.9. The molecule has 0 amide bonds. The molecule has 2 aromatic heterocycles. The van der Waals surface area contributed by atoms with E-state index in [1.54, 1.807) is 16.7 Å². The first-order valence-electron chi connectivity index (χ1n) is 7.02. The second kappa shape index (κ2) is 5.81. The summed E-state index contributed by atoms with van der Waals surface area (Å²) in [7, 11) is 0. The van der Waals surface area contributed by atoms with Crippen molar-refractivity contribution in [1.29, 1.82) is 0 Å². The Morgan fingerprint density at radius 1 is 1.18 bits per heavy atom. The Bertz CT molecular complexity index is 902. The Morgan fingerprint density at radius 2 is 2.00 bits per heavy atom. The molecule has 112 valence electrons. The van der Waals surface area contributed by atoms with Gasteiger partial charge in [0.1, 0.15) is 5.65 Å². The maximum Gasteiger partial charge on any atom is 0.258 e. The van der Waals surface area contributed by atoms with Crippen molar-refractivity contribution in [1.82, 2.24) is 9.38 Å². The van der Waals surface area contributed by atoms with Crippen LogP contribution in [0.1, 0.15) is 16.8 Å². The average Bonchev–Trinajstić information content (AvgIpc) is 2.49. The van der Waals surface area contributed by atoms with Crippen LogP contribution in [0.5, 0.6) is 0 Å². The van der Waals surface area contributed by atoms with Gasteiger partial charge in [-0.15, -0.1) is 0 Å². The number of hydrogen-bond acceptors (Lipinski definition) is 3. The summed E-state index contributed by atoms with van der Waals surface area (Å²) in [4.78, 5) is 16.7. The SMILES string of the molecule is Cc1ccc2nc(CNc3cc(Cl)ccc3C)cc(=O)n2c1. The number of rotatable bonds is 3. The van der Waals surface area contributed by atoms with Crippen molar-refractivity contribution in [2.24, 2.45) is 0 Å². The molecule has 22 heavy (non-hydrogen) atoms. The van der Waals surface area contributed by atoms with E-state index in [-0.39, 0.29) is 5.56 Å². The van der Waals surface area contributed by atoms with Crippen LogP contribution in [0.2, 0.25) is 5.02 Å².